The predicted octanol–water partition coefficient (Wildman–Crippen LogP) is 2.53. The van der Waals surface area contributed by atoms with Crippen molar-refractivity contribution in [2.75, 3.05) is 27.2 Å². The Hall–Kier alpha value is -2.71. The van der Waals surface area contributed by atoms with Gasteiger partial charge in [0.05, 0.1) is 11.6 Å². The molecule has 2 saturated heterocycles. The van der Waals surface area contributed by atoms with Gasteiger partial charge in [0, 0.05) is 44.4 Å². The van der Waals surface area contributed by atoms with Crippen LogP contribution in [0.15, 0.2) is 30.1 Å². The fraction of sp³-hybridized carbons (Fsp3) is 0.435. The normalized spacial score (nSPS) is 20.5. The minimum absolute atomic E-state index is 0.0486. The lowest BCUT2D eigenvalue weighted by Crippen LogP contribution is -2.34. The quantitative estimate of drug-likeness (QED) is 0.552. The Balaban J connectivity index is 1.66. The molecule has 0 radical (unpaired) electrons. The van der Waals surface area contributed by atoms with E-state index < -0.39 is 0 Å². The summed E-state index contributed by atoms with van der Waals surface area (Å²) in [5, 5.41) is 4.49. The number of benzene rings is 1. The first-order chi connectivity index (χ1) is 14.9. The number of aryl methyl sites for hydroxylation is 1. The molecule has 4 rings (SSSR count). The van der Waals surface area contributed by atoms with Crippen molar-refractivity contribution in [1.82, 2.24) is 19.7 Å². The maximum absolute atomic E-state index is 12.7. The Morgan fingerprint density at radius 2 is 2.13 bits per heavy atom. The molecule has 1 atom stereocenters. The van der Waals surface area contributed by atoms with Gasteiger partial charge in [0.15, 0.2) is 5.11 Å². The molecule has 7 nitrogen and oxygen atoms in total. The third-order valence-corrected chi connectivity index (χ3v) is 6.56. The van der Waals surface area contributed by atoms with Gasteiger partial charge in [0.25, 0.3) is 5.91 Å². The maximum Gasteiger partial charge on any atom is 0.276 e. The molecule has 0 unspecified atom stereocenters. The number of amides is 2. The molecule has 1 N–H and O–H groups in total. The lowest BCUT2D eigenvalue weighted by molar-refractivity contribution is -0.122. The van der Waals surface area contributed by atoms with Gasteiger partial charge in [-0.1, -0.05) is 25.1 Å². The molecule has 2 fully saturated rings. The van der Waals surface area contributed by atoms with Crippen molar-refractivity contribution in [2.24, 2.45) is 0 Å². The number of hydrogen-bond acceptors (Lipinski definition) is 4. The highest BCUT2D eigenvalue weighted by Gasteiger charge is 2.33. The van der Waals surface area contributed by atoms with Crippen molar-refractivity contribution < 1.29 is 14.3 Å². The second kappa shape index (κ2) is 8.80. The van der Waals surface area contributed by atoms with Crippen molar-refractivity contribution in [3.05, 3.63) is 41.2 Å². The lowest BCUT2D eigenvalue weighted by atomic mass is 10.1. The third kappa shape index (κ3) is 4.09. The number of rotatable bonds is 6. The number of carbonyl (C=O) groups is 2. The molecule has 2 aromatic rings. The van der Waals surface area contributed by atoms with Crippen LogP contribution in [0.2, 0.25) is 0 Å². The van der Waals surface area contributed by atoms with E-state index in [1.807, 2.05) is 29.0 Å². The van der Waals surface area contributed by atoms with Crippen LogP contribution >= 0.6 is 12.2 Å². The Labute approximate surface area is 187 Å². The lowest BCUT2D eigenvalue weighted by Gasteiger charge is -2.12. The van der Waals surface area contributed by atoms with Crippen LogP contribution in [-0.4, -0.2) is 64.6 Å². The predicted molar refractivity (Wildman–Crippen MR) is 124 cm³/mol. The zero-order chi connectivity index (χ0) is 22.1. The molecule has 3 heterocycles. The molecule has 31 heavy (non-hydrogen) atoms. The first-order valence-corrected chi connectivity index (χ1v) is 11.1. The highest BCUT2D eigenvalue weighted by molar-refractivity contribution is 7.80. The second-order valence-corrected chi connectivity index (χ2v) is 8.42. The summed E-state index contributed by atoms with van der Waals surface area (Å²) in [4.78, 5) is 28.5. The maximum atomic E-state index is 12.7. The van der Waals surface area contributed by atoms with Gasteiger partial charge in [-0.15, -0.1) is 0 Å². The van der Waals surface area contributed by atoms with E-state index in [-0.39, 0.29) is 24.5 Å². The highest BCUT2D eigenvalue weighted by Crippen LogP contribution is 2.29. The zero-order valence-corrected chi connectivity index (χ0v) is 19.0. The molecular formula is C23H28N4O3S. The SMILES string of the molecule is CCc1cccc2c(/C=C3/C(=O)N(C)C(=S)N3C)cn(CC(=O)NC[C@@H]3CCCO3)c12. The number of nitrogens with one attached hydrogen (secondary N) is 1. The molecule has 8 heteroatoms. The van der Waals surface area contributed by atoms with Crippen LogP contribution in [0.5, 0.6) is 0 Å². The van der Waals surface area contributed by atoms with Crippen molar-refractivity contribution >= 4 is 46.1 Å². The van der Waals surface area contributed by atoms with Crippen molar-refractivity contribution in [3.8, 4) is 0 Å². The number of fused-ring (bicyclic) bond motifs is 1. The summed E-state index contributed by atoms with van der Waals surface area (Å²) in [5.41, 5.74) is 3.60. The number of likely N-dealkylation sites (N-methyl/N-ethyl adjacent to an activating group) is 2. The third-order valence-electron chi connectivity index (χ3n) is 6.01. The standard InChI is InChI=1S/C23H28N4O3S/c1-4-15-7-5-9-18-16(11-19-22(29)26(3)23(31)25(19)2)13-27(21(15)18)14-20(28)24-12-17-8-6-10-30-17/h5,7,9,11,13,17H,4,6,8,10,12,14H2,1-3H3,(H,24,28)/b19-11-/t17-/m0/s1. The van der Waals surface area contributed by atoms with Crippen LogP contribution in [0.3, 0.4) is 0 Å². The Morgan fingerprint density at radius 1 is 1.32 bits per heavy atom. The number of carbonyl (C=O) groups excluding carboxylic acids is 2. The van der Waals surface area contributed by atoms with Gasteiger partial charge < -0.3 is 19.5 Å². The summed E-state index contributed by atoms with van der Waals surface area (Å²) in [7, 11) is 3.48. The average molecular weight is 441 g/mol. The van der Waals surface area contributed by atoms with E-state index in [1.165, 1.54) is 4.90 Å². The van der Waals surface area contributed by atoms with Gasteiger partial charge in [-0.2, -0.15) is 0 Å². The van der Waals surface area contributed by atoms with Crippen LogP contribution < -0.4 is 5.32 Å². The molecule has 1 aromatic heterocycles. The summed E-state index contributed by atoms with van der Waals surface area (Å²) < 4.78 is 7.57. The van der Waals surface area contributed by atoms with Gasteiger partial charge in [-0.3, -0.25) is 14.5 Å². The molecule has 2 amide bonds. The van der Waals surface area contributed by atoms with Crippen molar-refractivity contribution in [2.45, 2.75) is 38.8 Å². The van der Waals surface area contributed by atoms with Gasteiger partial charge in [-0.25, -0.2) is 0 Å². The fourth-order valence-corrected chi connectivity index (χ4v) is 4.45. The van der Waals surface area contributed by atoms with Gasteiger partial charge in [0.2, 0.25) is 5.91 Å². The summed E-state index contributed by atoms with van der Waals surface area (Å²) in [5.74, 6) is -0.179. The first kappa shape index (κ1) is 21.5. The Kier molecular flexibility index (Phi) is 6.11. The summed E-state index contributed by atoms with van der Waals surface area (Å²) in [6.45, 7) is 3.63. The molecule has 1 aromatic carbocycles. The largest absolute Gasteiger partial charge is 0.376 e. The van der Waals surface area contributed by atoms with Crippen LogP contribution in [0.25, 0.3) is 17.0 Å². The number of aromatic nitrogens is 1. The Bertz CT molecular complexity index is 1070. The second-order valence-electron chi connectivity index (χ2n) is 8.05. The first-order valence-electron chi connectivity index (χ1n) is 10.7. The van der Waals surface area contributed by atoms with E-state index in [4.69, 9.17) is 17.0 Å². The molecular weight excluding hydrogens is 412 g/mol. The summed E-state index contributed by atoms with van der Waals surface area (Å²) in [6.07, 6.45) is 6.81. The summed E-state index contributed by atoms with van der Waals surface area (Å²) >= 11 is 5.33. The molecule has 2 aliphatic heterocycles. The summed E-state index contributed by atoms with van der Waals surface area (Å²) in [6, 6.07) is 6.13. The van der Waals surface area contributed by atoms with Crippen LogP contribution in [0, 0.1) is 0 Å². The van der Waals surface area contributed by atoms with E-state index >= 15 is 0 Å². The van der Waals surface area contributed by atoms with Crippen LogP contribution in [-0.2, 0) is 27.3 Å². The monoisotopic (exact) mass is 440 g/mol. The van der Waals surface area contributed by atoms with Crippen LogP contribution in [0.1, 0.15) is 30.9 Å². The number of thiocarbonyl (C=S) groups is 1. The minimum Gasteiger partial charge on any atom is -0.376 e. The van der Waals surface area contributed by atoms with Crippen molar-refractivity contribution in [1.29, 1.82) is 0 Å². The molecule has 2 aliphatic rings. The number of hydrogen-bond donors (Lipinski definition) is 1. The topological polar surface area (TPSA) is 66.8 Å². The molecule has 164 valence electrons. The molecule has 0 bridgehead atoms. The van der Waals surface area contributed by atoms with Crippen molar-refractivity contribution in [3.63, 3.8) is 0 Å². The average Bonchev–Trinajstić information content (AvgIpc) is 3.45. The van der Waals surface area contributed by atoms with Gasteiger partial charge in [-0.05, 0) is 43.1 Å². The Morgan fingerprint density at radius 3 is 2.77 bits per heavy atom. The van der Waals surface area contributed by atoms with E-state index in [2.05, 4.69) is 18.3 Å². The zero-order valence-electron chi connectivity index (χ0n) is 18.2. The van der Waals surface area contributed by atoms with Crippen LogP contribution in [0.4, 0.5) is 0 Å². The van der Waals surface area contributed by atoms with E-state index in [0.29, 0.717) is 17.4 Å². The van der Waals surface area contributed by atoms with Gasteiger partial charge in [0.1, 0.15) is 12.2 Å². The van der Waals surface area contributed by atoms with E-state index in [1.54, 1.807) is 19.0 Å². The van der Waals surface area contributed by atoms with Gasteiger partial charge >= 0.3 is 0 Å². The number of para-hydroxylation sites is 1. The molecule has 0 saturated carbocycles. The van der Waals surface area contributed by atoms with E-state index in [9.17, 15) is 9.59 Å². The van der Waals surface area contributed by atoms with E-state index in [0.717, 1.165) is 47.9 Å². The number of ether oxygens (including phenoxy) is 1. The minimum atomic E-state index is -0.130. The molecule has 0 aliphatic carbocycles. The number of nitrogens with zero attached hydrogens (tertiary/aromatic N) is 3. The smallest absolute Gasteiger partial charge is 0.276 e. The molecule has 0 spiro atoms. The highest BCUT2D eigenvalue weighted by atomic mass is 32.1. The fourth-order valence-electron chi connectivity index (χ4n) is 4.27.